The van der Waals surface area contributed by atoms with Gasteiger partial charge < -0.3 is 15.1 Å². The summed E-state index contributed by atoms with van der Waals surface area (Å²) in [5, 5.41) is 0. The predicted octanol–water partition coefficient (Wildman–Crippen LogP) is 1.93. The van der Waals surface area contributed by atoms with Crippen LogP contribution in [0.5, 0.6) is 0 Å². The SMILES string of the molecule is CCc1nc2cccc(N3CCC(N)C3)c2o1. The molecule has 1 saturated heterocycles. The van der Waals surface area contributed by atoms with Gasteiger partial charge in [0.2, 0.25) is 0 Å². The third kappa shape index (κ3) is 1.78. The molecule has 1 fully saturated rings. The maximum atomic E-state index is 5.95. The molecule has 0 bridgehead atoms. The molecule has 0 spiro atoms. The summed E-state index contributed by atoms with van der Waals surface area (Å²) in [5.41, 5.74) is 8.92. The average molecular weight is 231 g/mol. The van der Waals surface area contributed by atoms with E-state index in [4.69, 9.17) is 10.2 Å². The maximum Gasteiger partial charge on any atom is 0.195 e. The molecule has 3 rings (SSSR count). The van der Waals surface area contributed by atoms with Crippen LogP contribution in [0, 0.1) is 0 Å². The summed E-state index contributed by atoms with van der Waals surface area (Å²) in [6, 6.07) is 6.39. The number of oxazole rings is 1. The Kier molecular flexibility index (Phi) is 2.52. The quantitative estimate of drug-likeness (QED) is 0.858. The van der Waals surface area contributed by atoms with Crippen LogP contribution in [0.2, 0.25) is 0 Å². The highest BCUT2D eigenvalue weighted by atomic mass is 16.3. The van der Waals surface area contributed by atoms with Gasteiger partial charge in [0, 0.05) is 25.6 Å². The molecule has 17 heavy (non-hydrogen) atoms. The molecule has 1 aromatic heterocycles. The first kappa shape index (κ1) is 10.6. The fourth-order valence-corrected chi connectivity index (χ4v) is 2.39. The third-order valence-corrected chi connectivity index (χ3v) is 3.31. The summed E-state index contributed by atoms with van der Waals surface area (Å²) in [7, 11) is 0. The number of fused-ring (bicyclic) bond motifs is 1. The van der Waals surface area contributed by atoms with E-state index in [2.05, 4.69) is 22.9 Å². The van der Waals surface area contributed by atoms with E-state index in [0.717, 1.165) is 48.6 Å². The van der Waals surface area contributed by atoms with Crippen molar-refractivity contribution in [2.24, 2.45) is 5.73 Å². The Bertz CT molecular complexity index is 534. The summed E-state index contributed by atoms with van der Waals surface area (Å²) in [6.07, 6.45) is 1.87. The van der Waals surface area contributed by atoms with Crippen LogP contribution in [0.1, 0.15) is 19.2 Å². The lowest BCUT2D eigenvalue weighted by atomic mass is 10.2. The monoisotopic (exact) mass is 231 g/mol. The van der Waals surface area contributed by atoms with Gasteiger partial charge in [-0.3, -0.25) is 0 Å². The first-order valence-electron chi connectivity index (χ1n) is 6.17. The van der Waals surface area contributed by atoms with Crippen molar-refractivity contribution in [3.05, 3.63) is 24.1 Å². The zero-order chi connectivity index (χ0) is 11.8. The number of nitrogens with two attached hydrogens (primary N) is 1. The molecule has 2 heterocycles. The van der Waals surface area contributed by atoms with Crippen LogP contribution < -0.4 is 10.6 Å². The second-order valence-electron chi connectivity index (χ2n) is 4.58. The molecule has 4 heteroatoms. The van der Waals surface area contributed by atoms with Crippen LogP contribution in [-0.2, 0) is 6.42 Å². The lowest BCUT2D eigenvalue weighted by Gasteiger charge is -2.17. The molecule has 1 aromatic carbocycles. The number of aromatic nitrogens is 1. The number of rotatable bonds is 2. The van der Waals surface area contributed by atoms with E-state index in [1.54, 1.807) is 0 Å². The van der Waals surface area contributed by atoms with Crippen molar-refractivity contribution in [3.8, 4) is 0 Å². The van der Waals surface area contributed by atoms with Crippen LogP contribution in [0.25, 0.3) is 11.1 Å². The fraction of sp³-hybridized carbons (Fsp3) is 0.462. The molecule has 0 saturated carbocycles. The average Bonchev–Trinajstić information content (AvgIpc) is 2.93. The van der Waals surface area contributed by atoms with E-state index in [-0.39, 0.29) is 6.04 Å². The number of hydrogen-bond acceptors (Lipinski definition) is 4. The first-order valence-corrected chi connectivity index (χ1v) is 6.17. The van der Waals surface area contributed by atoms with Crippen molar-refractivity contribution in [3.63, 3.8) is 0 Å². The summed E-state index contributed by atoms with van der Waals surface area (Å²) < 4.78 is 5.80. The second kappa shape index (κ2) is 4.04. The minimum atomic E-state index is 0.277. The highest BCUT2D eigenvalue weighted by Crippen LogP contribution is 2.29. The molecule has 0 radical (unpaired) electrons. The molecule has 2 N–H and O–H groups in total. The number of para-hydroxylation sites is 1. The number of benzene rings is 1. The van der Waals surface area contributed by atoms with E-state index in [1.807, 2.05) is 12.1 Å². The van der Waals surface area contributed by atoms with Gasteiger partial charge in [-0.05, 0) is 18.6 Å². The van der Waals surface area contributed by atoms with Crippen LogP contribution in [0.15, 0.2) is 22.6 Å². The van der Waals surface area contributed by atoms with Gasteiger partial charge in [0.25, 0.3) is 0 Å². The largest absolute Gasteiger partial charge is 0.439 e. The van der Waals surface area contributed by atoms with Gasteiger partial charge in [-0.2, -0.15) is 0 Å². The summed E-state index contributed by atoms with van der Waals surface area (Å²) in [5.74, 6) is 0.802. The van der Waals surface area contributed by atoms with E-state index in [0.29, 0.717) is 0 Å². The number of anilines is 1. The first-order chi connectivity index (χ1) is 8.28. The lowest BCUT2D eigenvalue weighted by Crippen LogP contribution is -2.26. The molecule has 0 amide bonds. The van der Waals surface area contributed by atoms with Gasteiger partial charge in [-0.1, -0.05) is 13.0 Å². The summed E-state index contributed by atoms with van der Waals surface area (Å²) >= 11 is 0. The smallest absolute Gasteiger partial charge is 0.195 e. The number of nitrogens with zero attached hydrogens (tertiary/aromatic N) is 2. The second-order valence-corrected chi connectivity index (χ2v) is 4.58. The Morgan fingerprint density at radius 3 is 3.12 bits per heavy atom. The Morgan fingerprint density at radius 1 is 1.53 bits per heavy atom. The summed E-state index contributed by atoms with van der Waals surface area (Å²) in [6.45, 7) is 3.96. The van der Waals surface area contributed by atoms with Crippen LogP contribution in [-0.4, -0.2) is 24.1 Å². The van der Waals surface area contributed by atoms with E-state index < -0.39 is 0 Å². The topological polar surface area (TPSA) is 55.3 Å². The fourth-order valence-electron chi connectivity index (χ4n) is 2.39. The number of hydrogen-bond donors (Lipinski definition) is 1. The zero-order valence-corrected chi connectivity index (χ0v) is 10.0. The Balaban J connectivity index is 2.06. The number of aryl methyl sites for hydroxylation is 1. The molecule has 1 aliphatic heterocycles. The van der Waals surface area contributed by atoms with Gasteiger partial charge in [-0.15, -0.1) is 0 Å². The third-order valence-electron chi connectivity index (χ3n) is 3.31. The highest BCUT2D eigenvalue weighted by Gasteiger charge is 2.22. The highest BCUT2D eigenvalue weighted by molar-refractivity contribution is 5.87. The van der Waals surface area contributed by atoms with Crippen molar-refractivity contribution in [2.45, 2.75) is 25.8 Å². The van der Waals surface area contributed by atoms with Crippen molar-refractivity contribution in [1.29, 1.82) is 0 Å². The van der Waals surface area contributed by atoms with E-state index in [9.17, 15) is 0 Å². The minimum Gasteiger partial charge on any atom is -0.439 e. The maximum absolute atomic E-state index is 5.95. The van der Waals surface area contributed by atoms with Gasteiger partial charge in [0.15, 0.2) is 11.5 Å². The molecule has 4 nitrogen and oxygen atoms in total. The van der Waals surface area contributed by atoms with Gasteiger partial charge in [0.1, 0.15) is 5.52 Å². The zero-order valence-electron chi connectivity index (χ0n) is 10.0. The molecular formula is C13H17N3O. The molecule has 1 unspecified atom stereocenters. The van der Waals surface area contributed by atoms with Crippen molar-refractivity contribution in [1.82, 2.24) is 4.98 Å². The van der Waals surface area contributed by atoms with E-state index in [1.165, 1.54) is 0 Å². The minimum absolute atomic E-state index is 0.277. The van der Waals surface area contributed by atoms with Gasteiger partial charge >= 0.3 is 0 Å². The molecule has 2 aromatic rings. The van der Waals surface area contributed by atoms with Gasteiger partial charge in [0.05, 0.1) is 5.69 Å². The Labute approximate surface area is 100 Å². The van der Waals surface area contributed by atoms with Crippen molar-refractivity contribution < 1.29 is 4.42 Å². The lowest BCUT2D eigenvalue weighted by molar-refractivity contribution is 0.537. The van der Waals surface area contributed by atoms with Crippen LogP contribution in [0.3, 0.4) is 0 Å². The van der Waals surface area contributed by atoms with Crippen molar-refractivity contribution in [2.75, 3.05) is 18.0 Å². The van der Waals surface area contributed by atoms with E-state index >= 15 is 0 Å². The predicted molar refractivity (Wildman–Crippen MR) is 68.2 cm³/mol. The molecule has 1 aliphatic rings. The Morgan fingerprint density at radius 2 is 2.41 bits per heavy atom. The Hall–Kier alpha value is -1.55. The van der Waals surface area contributed by atoms with Crippen LogP contribution in [0.4, 0.5) is 5.69 Å². The standard InChI is InChI=1S/C13H17N3O/c1-2-12-15-10-4-3-5-11(13(10)17-12)16-7-6-9(14)8-16/h3-5,9H,2,6-8,14H2,1H3. The van der Waals surface area contributed by atoms with Crippen molar-refractivity contribution >= 4 is 16.8 Å². The molecular weight excluding hydrogens is 214 g/mol. The van der Waals surface area contributed by atoms with Gasteiger partial charge in [-0.25, -0.2) is 4.98 Å². The molecule has 1 atom stereocenters. The normalized spacial score (nSPS) is 20.4. The molecule has 90 valence electrons. The summed E-state index contributed by atoms with van der Waals surface area (Å²) in [4.78, 5) is 6.75. The van der Waals surface area contributed by atoms with Crippen LogP contribution >= 0.6 is 0 Å². The molecule has 0 aliphatic carbocycles.